The van der Waals surface area contributed by atoms with Crippen LogP contribution in [0.2, 0.25) is 5.02 Å². The molecule has 0 aliphatic carbocycles. The number of halogens is 1. The maximum absolute atomic E-state index is 12.0. The summed E-state index contributed by atoms with van der Waals surface area (Å²) >= 11 is 7.58. The standard InChI is InChI=1S/C13H13ClN2OS/c1-16(9-12-15-6-7-18-12)13(17)8-10-4-2-3-5-11(10)14/h2-7H,8-9H2,1H3. The fourth-order valence-electron chi connectivity index (χ4n) is 1.56. The second-order valence-corrected chi connectivity index (χ2v) is 5.33. The van der Waals surface area contributed by atoms with Crippen LogP contribution >= 0.6 is 22.9 Å². The van der Waals surface area contributed by atoms with Crippen LogP contribution in [0, 0.1) is 0 Å². The van der Waals surface area contributed by atoms with E-state index in [2.05, 4.69) is 4.98 Å². The molecule has 18 heavy (non-hydrogen) atoms. The Balaban J connectivity index is 1.98. The third-order valence-corrected chi connectivity index (χ3v) is 3.71. The van der Waals surface area contributed by atoms with Crippen LogP contribution in [0.3, 0.4) is 0 Å². The van der Waals surface area contributed by atoms with E-state index >= 15 is 0 Å². The summed E-state index contributed by atoms with van der Waals surface area (Å²) in [6.07, 6.45) is 2.06. The Morgan fingerprint density at radius 1 is 1.44 bits per heavy atom. The van der Waals surface area contributed by atoms with Crippen LogP contribution in [0.1, 0.15) is 10.6 Å². The summed E-state index contributed by atoms with van der Waals surface area (Å²) in [6.45, 7) is 0.543. The van der Waals surface area contributed by atoms with Gasteiger partial charge in [0.25, 0.3) is 0 Å². The van der Waals surface area contributed by atoms with Crippen LogP contribution in [0.15, 0.2) is 35.8 Å². The first-order valence-corrected chi connectivity index (χ1v) is 6.78. The van der Waals surface area contributed by atoms with Crippen LogP contribution in [-0.2, 0) is 17.8 Å². The number of carbonyl (C=O) groups is 1. The zero-order valence-electron chi connectivity index (χ0n) is 9.97. The highest BCUT2D eigenvalue weighted by atomic mass is 35.5. The third-order valence-electron chi connectivity index (χ3n) is 2.58. The molecule has 0 radical (unpaired) electrons. The summed E-state index contributed by atoms with van der Waals surface area (Å²) < 4.78 is 0. The molecule has 2 aromatic rings. The molecule has 0 atom stereocenters. The monoisotopic (exact) mass is 280 g/mol. The van der Waals surface area contributed by atoms with Gasteiger partial charge in [0.1, 0.15) is 5.01 Å². The summed E-state index contributed by atoms with van der Waals surface area (Å²) in [4.78, 5) is 17.9. The van der Waals surface area contributed by atoms with Gasteiger partial charge in [0.05, 0.1) is 13.0 Å². The lowest BCUT2D eigenvalue weighted by Gasteiger charge is -2.16. The number of rotatable bonds is 4. The lowest BCUT2D eigenvalue weighted by atomic mass is 10.1. The van der Waals surface area contributed by atoms with Crippen LogP contribution in [0.4, 0.5) is 0 Å². The molecule has 1 aromatic heterocycles. The maximum atomic E-state index is 12.0. The van der Waals surface area contributed by atoms with Crippen molar-refractivity contribution in [3.63, 3.8) is 0 Å². The van der Waals surface area contributed by atoms with E-state index in [1.54, 1.807) is 35.5 Å². The number of benzene rings is 1. The molecule has 0 fully saturated rings. The van der Waals surface area contributed by atoms with Gasteiger partial charge in [-0.15, -0.1) is 11.3 Å². The number of aromatic nitrogens is 1. The Kier molecular flexibility index (Phi) is 4.33. The van der Waals surface area contributed by atoms with Gasteiger partial charge in [-0.2, -0.15) is 0 Å². The van der Waals surface area contributed by atoms with Crippen molar-refractivity contribution in [2.24, 2.45) is 0 Å². The minimum absolute atomic E-state index is 0.0401. The highest BCUT2D eigenvalue weighted by Crippen LogP contribution is 2.16. The Morgan fingerprint density at radius 3 is 2.89 bits per heavy atom. The van der Waals surface area contributed by atoms with E-state index < -0.39 is 0 Å². The van der Waals surface area contributed by atoms with Crippen LogP contribution in [0.25, 0.3) is 0 Å². The van der Waals surface area contributed by atoms with E-state index in [0.29, 0.717) is 18.0 Å². The topological polar surface area (TPSA) is 33.2 Å². The van der Waals surface area contributed by atoms with Gasteiger partial charge in [-0.05, 0) is 11.6 Å². The van der Waals surface area contributed by atoms with E-state index in [0.717, 1.165) is 10.6 Å². The molecule has 3 nitrogen and oxygen atoms in total. The Bertz CT molecular complexity index is 528. The fourth-order valence-corrected chi connectivity index (χ4v) is 2.43. The van der Waals surface area contributed by atoms with Crippen LogP contribution in [0.5, 0.6) is 0 Å². The van der Waals surface area contributed by atoms with Crippen molar-refractivity contribution in [2.75, 3.05) is 7.05 Å². The van der Waals surface area contributed by atoms with E-state index in [-0.39, 0.29) is 5.91 Å². The van der Waals surface area contributed by atoms with Crippen molar-refractivity contribution in [3.05, 3.63) is 51.4 Å². The SMILES string of the molecule is CN(Cc1nccs1)C(=O)Cc1ccccc1Cl. The molecule has 5 heteroatoms. The van der Waals surface area contributed by atoms with Gasteiger partial charge in [0.2, 0.25) is 5.91 Å². The molecular formula is C13H13ClN2OS. The second-order valence-electron chi connectivity index (χ2n) is 3.94. The first-order valence-electron chi connectivity index (χ1n) is 5.52. The molecule has 0 saturated carbocycles. The molecule has 1 aromatic carbocycles. The number of amides is 1. The van der Waals surface area contributed by atoms with E-state index in [9.17, 15) is 4.79 Å². The zero-order valence-corrected chi connectivity index (χ0v) is 11.5. The molecule has 0 bridgehead atoms. The summed E-state index contributed by atoms with van der Waals surface area (Å²) in [7, 11) is 1.78. The average Bonchev–Trinajstić information content (AvgIpc) is 2.84. The van der Waals surface area contributed by atoms with Crippen molar-refractivity contribution < 1.29 is 4.79 Å². The lowest BCUT2D eigenvalue weighted by molar-refractivity contribution is -0.129. The molecule has 0 aliphatic heterocycles. The van der Waals surface area contributed by atoms with Gasteiger partial charge >= 0.3 is 0 Å². The summed E-state index contributed by atoms with van der Waals surface area (Å²) in [6, 6.07) is 7.41. The van der Waals surface area contributed by atoms with Crippen LogP contribution in [-0.4, -0.2) is 22.8 Å². The number of hydrogen-bond acceptors (Lipinski definition) is 3. The maximum Gasteiger partial charge on any atom is 0.227 e. The van der Waals surface area contributed by atoms with Gasteiger partial charge in [0.15, 0.2) is 0 Å². The smallest absolute Gasteiger partial charge is 0.227 e. The molecule has 0 spiro atoms. The van der Waals surface area contributed by atoms with Crippen molar-refractivity contribution in [1.82, 2.24) is 9.88 Å². The third kappa shape index (κ3) is 3.31. The number of nitrogens with zero attached hydrogens (tertiary/aromatic N) is 2. The average molecular weight is 281 g/mol. The Labute approximate surface area is 115 Å². The fraction of sp³-hybridized carbons (Fsp3) is 0.231. The van der Waals surface area contributed by atoms with Gasteiger partial charge in [0, 0.05) is 23.6 Å². The van der Waals surface area contributed by atoms with E-state index in [1.807, 2.05) is 23.6 Å². The molecule has 0 unspecified atom stereocenters. The first-order chi connectivity index (χ1) is 8.66. The normalized spacial score (nSPS) is 10.3. The zero-order chi connectivity index (χ0) is 13.0. The van der Waals surface area contributed by atoms with Crippen molar-refractivity contribution in [2.45, 2.75) is 13.0 Å². The predicted octanol–water partition coefficient (Wildman–Crippen LogP) is 3.00. The molecule has 2 rings (SSSR count). The number of carbonyl (C=O) groups excluding carboxylic acids is 1. The molecule has 1 heterocycles. The van der Waals surface area contributed by atoms with Gasteiger partial charge in [-0.3, -0.25) is 4.79 Å². The quantitative estimate of drug-likeness (QED) is 0.863. The predicted molar refractivity (Wildman–Crippen MR) is 73.7 cm³/mol. The number of likely N-dealkylation sites (N-methyl/N-ethyl adjacent to an activating group) is 1. The molecule has 0 aliphatic rings. The number of thiazole rings is 1. The highest BCUT2D eigenvalue weighted by Gasteiger charge is 2.12. The van der Waals surface area contributed by atoms with E-state index in [1.165, 1.54) is 0 Å². The summed E-state index contributed by atoms with van der Waals surface area (Å²) in [5.41, 5.74) is 0.857. The molecule has 0 saturated heterocycles. The van der Waals surface area contributed by atoms with Gasteiger partial charge in [-0.1, -0.05) is 29.8 Å². The molecule has 0 N–H and O–H groups in total. The second kappa shape index (κ2) is 5.98. The highest BCUT2D eigenvalue weighted by molar-refractivity contribution is 7.09. The Hall–Kier alpha value is -1.39. The summed E-state index contributed by atoms with van der Waals surface area (Å²) in [5.74, 6) is 0.0401. The minimum atomic E-state index is 0.0401. The van der Waals surface area contributed by atoms with Crippen molar-refractivity contribution in [3.8, 4) is 0 Å². The van der Waals surface area contributed by atoms with Crippen LogP contribution < -0.4 is 0 Å². The van der Waals surface area contributed by atoms with Crippen molar-refractivity contribution in [1.29, 1.82) is 0 Å². The van der Waals surface area contributed by atoms with Gasteiger partial charge in [-0.25, -0.2) is 4.98 Å². The molecular weight excluding hydrogens is 268 g/mol. The minimum Gasteiger partial charge on any atom is -0.339 e. The number of hydrogen-bond donors (Lipinski definition) is 0. The Morgan fingerprint density at radius 2 is 2.22 bits per heavy atom. The summed E-state index contributed by atoms with van der Waals surface area (Å²) in [5, 5.41) is 3.47. The molecule has 94 valence electrons. The van der Waals surface area contributed by atoms with Crippen molar-refractivity contribution >= 4 is 28.8 Å². The van der Waals surface area contributed by atoms with E-state index in [4.69, 9.17) is 11.6 Å². The molecule has 1 amide bonds. The lowest BCUT2D eigenvalue weighted by Crippen LogP contribution is -2.27. The van der Waals surface area contributed by atoms with Gasteiger partial charge < -0.3 is 4.90 Å². The largest absolute Gasteiger partial charge is 0.339 e. The first kappa shape index (κ1) is 13.1.